The van der Waals surface area contributed by atoms with E-state index in [1.807, 2.05) is 17.0 Å². The third kappa shape index (κ3) is 2.70. The molecule has 1 saturated heterocycles. The summed E-state index contributed by atoms with van der Waals surface area (Å²) in [6.45, 7) is 1.45. The van der Waals surface area contributed by atoms with Crippen molar-refractivity contribution >= 4 is 18.3 Å². The lowest BCUT2D eigenvalue weighted by atomic mass is 9.98. The van der Waals surface area contributed by atoms with E-state index in [0.717, 1.165) is 37.8 Å². The van der Waals surface area contributed by atoms with Gasteiger partial charge in [-0.3, -0.25) is 4.79 Å². The van der Waals surface area contributed by atoms with Gasteiger partial charge in [0, 0.05) is 24.7 Å². The minimum Gasteiger partial charge on any atom is -0.334 e. The fourth-order valence-electron chi connectivity index (χ4n) is 3.49. The van der Waals surface area contributed by atoms with Crippen molar-refractivity contribution in [3.63, 3.8) is 0 Å². The number of benzene rings is 1. The number of nitrogens with two attached hydrogens (primary N) is 1. The maximum atomic E-state index is 12.8. The van der Waals surface area contributed by atoms with E-state index in [-0.39, 0.29) is 24.4 Å². The molecule has 0 aromatic heterocycles. The van der Waals surface area contributed by atoms with Gasteiger partial charge in [-0.15, -0.1) is 12.4 Å². The molecule has 20 heavy (non-hydrogen) atoms. The first-order valence-corrected chi connectivity index (χ1v) is 7.43. The van der Waals surface area contributed by atoms with E-state index in [2.05, 4.69) is 6.07 Å². The number of carbonyl (C=O) groups is 1. The van der Waals surface area contributed by atoms with Gasteiger partial charge in [-0.05, 0) is 55.7 Å². The highest BCUT2D eigenvalue weighted by atomic mass is 35.5. The summed E-state index contributed by atoms with van der Waals surface area (Å²) in [5, 5.41) is 0. The zero-order valence-corrected chi connectivity index (χ0v) is 12.6. The number of carbonyl (C=O) groups excluding carboxylic acids is 1. The second-order valence-corrected chi connectivity index (χ2v) is 5.68. The molecule has 1 aromatic rings. The molecule has 1 aromatic carbocycles. The number of rotatable bonds is 2. The Morgan fingerprint density at radius 2 is 2.10 bits per heavy atom. The predicted octanol–water partition coefficient (Wildman–Crippen LogP) is 2.55. The van der Waals surface area contributed by atoms with E-state index in [9.17, 15) is 4.79 Å². The number of halogens is 1. The Morgan fingerprint density at radius 3 is 2.90 bits per heavy atom. The van der Waals surface area contributed by atoms with Gasteiger partial charge in [0.2, 0.25) is 0 Å². The fraction of sp³-hybridized carbons (Fsp3) is 0.562. The number of amides is 1. The molecule has 2 aliphatic rings. The Balaban J connectivity index is 0.00000147. The van der Waals surface area contributed by atoms with Crippen LogP contribution in [0.1, 0.15) is 47.2 Å². The number of likely N-dealkylation sites (tertiary alicyclic amines) is 1. The van der Waals surface area contributed by atoms with E-state index in [4.69, 9.17) is 5.73 Å². The molecule has 1 fully saturated rings. The normalized spacial score (nSPS) is 21.2. The van der Waals surface area contributed by atoms with Crippen LogP contribution in [0.15, 0.2) is 18.2 Å². The summed E-state index contributed by atoms with van der Waals surface area (Å²) in [6, 6.07) is 6.42. The minimum absolute atomic E-state index is 0. The topological polar surface area (TPSA) is 46.3 Å². The summed E-state index contributed by atoms with van der Waals surface area (Å²) < 4.78 is 0. The number of fused-ring (bicyclic) bond motifs is 1. The van der Waals surface area contributed by atoms with Crippen LogP contribution in [0, 0.1) is 0 Å². The van der Waals surface area contributed by atoms with Crippen LogP contribution >= 0.6 is 12.4 Å². The lowest BCUT2D eigenvalue weighted by molar-refractivity contribution is 0.0622. The predicted molar refractivity (Wildman–Crippen MR) is 83.4 cm³/mol. The Kier molecular flexibility index (Phi) is 5.06. The monoisotopic (exact) mass is 294 g/mol. The highest BCUT2D eigenvalue weighted by molar-refractivity contribution is 5.96. The summed E-state index contributed by atoms with van der Waals surface area (Å²) in [7, 11) is 0. The first kappa shape index (κ1) is 15.3. The van der Waals surface area contributed by atoms with Crippen molar-refractivity contribution in [1.29, 1.82) is 0 Å². The first-order chi connectivity index (χ1) is 9.31. The molecule has 3 nitrogen and oxygen atoms in total. The second kappa shape index (κ2) is 6.59. The van der Waals surface area contributed by atoms with Crippen molar-refractivity contribution in [2.75, 3.05) is 13.1 Å². The number of aryl methyl sites for hydroxylation is 1. The zero-order valence-electron chi connectivity index (χ0n) is 11.8. The highest BCUT2D eigenvalue weighted by Gasteiger charge is 2.28. The molecule has 1 atom stereocenters. The van der Waals surface area contributed by atoms with Crippen LogP contribution in [0.25, 0.3) is 0 Å². The quantitative estimate of drug-likeness (QED) is 0.911. The maximum Gasteiger partial charge on any atom is 0.254 e. The molecule has 0 saturated carbocycles. The Bertz CT molecular complexity index is 489. The SMILES string of the molecule is Cl.NCC1CCCCN1C(=O)c1cccc2c1CCC2. The van der Waals surface area contributed by atoms with Crippen molar-refractivity contribution in [3.05, 3.63) is 34.9 Å². The van der Waals surface area contributed by atoms with E-state index in [0.29, 0.717) is 6.54 Å². The van der Waals surface area contributed by atoms with Gasteiger partial charge in [-0.1, -0.05) is 12.1 Å². The van der Waals surface area contributed by atoms with Crippen molar-refractivity contribution in [3.8, 4) is 0 Å². The molecule has 0 spiro atoms. The van der Waals surface area contributed by atoms with Crippen LogP contribution in [-0.4, -0.2) is 29.9 Å². The summed E-state index contributed by atoms with van der Waals surface area (Å²) in [5.41, 5.74) is 9.41. The lowest BCUT2D eigenvalue weighted by Crippen LogP contribution is -2.47. The molecule has 110 valence electrons. The van der Waals surface area contributed by atoms with Crippen LogP contribution in [-0.2, 0) is 12.8 Å². The Hall–Kier alpha value is -1.06. The van der Waals surface area contributed by atoms with Crippen LogP contribution in [0.5, 0.6) is 0 Å². The molecule has 1 unspecified atom stereocenters. The molecule has 1 aliphatic carbocycles. The average molecular weight is 295 g/mol. The maximum absolute atomic E-state index is 12.8. The molecular formula is C16H23ClN2O. The van der Waals surface area contributed by atoms with Gasteiger partial charge in [0.15, 0.2) is 0 Å². The molecule has 0 radical (unpaired) electrons. The highest BCUT2D eigenvalue weighted by Crippen LogP contribution is 2.28. The van der Waals surface area contributed by atoms with Crippen molar-refractivity contribution in [1.82, 2.24) is 4.90 Å². The summed E-state index contributed by atoms with van der Waals surface area (Å²) in [4.78, 5) is 14.8. The molecule has 0 bridgehead atoms. The van der Waals surface area contributed by atoms with Gasteiger partial charge in [0.25, 0.3) is 5.91 Å². The summed E-state index contributed by atoms with van der Waals surface area (Å²) in [6.07, 6.45) is 6.71. The van der Waals surface area contributed by atoms with Crippen molar-refractivity contribution in [2.45, 2.75) is 44.6 Å². The zero-order chi connectivity index (χ0) is 13.2. The van der Waals surface area contributed by atoms with Crippen LogP contribution in [0.2, 0.25) is 0 Å². The number of hydrogen-bond acceptors (Lipinski definition) is 2. The number of hydrogen-bond donors (Lipinski definition) is 1. The van der Waals surface area contributed by atoms with Crippen molar-refractivity contribution in [2.24, 2.45) is 5.73 Å². The number of piperidine rings is 1. The van der Waals surface area contributed by atoms with E-state index >= 15 is 0 Å². The smallest absolute Gasteiger partial charge is 0.254 e. The molecular weight excluding hydrogens is 272 g/mol. The van der Waals surface area contributed by atoms with Gasteiger partial charge < -0.3 is 10.6 Å². The number of nitrogens with zero attached hydrogens (tertiary/aromatic N) is 1. The van der Waals surface area contributed by atoms with E-state index < -0.39 is 0 Å². The van der Waals surface area contributed by atoms with Crippen LogP contribution < -0.4 is 5.73 Å². The van der Waals surface area contributed by atoms with E-state index in [1.165, 1.54) is 24.0 Å². The van der Waals surface area contributed by atoms with E-state index in [1.54, 1.807) is 0 Å². The van der Waals surface area contributed by atoms with Crippen molar-refractivity contribution < 1.29 is 4.79 Å². The van der Waals surface area contributed by atoms with Crippen LogP contribution in [0.3, 0.4) is 0 Å². The van der Waals surface area contributed by atoms with Crippen LogP contribution in [0.4, 0.5) is 0 Å². The van der Waals surface area contributed by atoms with Gasteiger partial charge in [-0.25, -0.2) is 0 Å². The Morgan fingerprint density at radius 1 is 1.25 bits per heavy atom. The minimum atomic E-state index is 0. The van der Waals surface area contributed by atoms with Gasteiger partial charge in [-0.2, -0.15) is 0 Å². The van der Waals surface area contributed by atoms with Gasteiger partial charge >= 0.3 is 0 Å². The molecule has 1 heterocycles. The first-order valence-electron chi connectivity index (χ1n) is 7.43. The standard InChI is InChI=1S/C16H22N2O.ClH/c17-11-13-7-1-2-10-18(13)16(19)15-9-4-6-12-5-3-8-14(12)15;/h4,6,9,13H,1-3,5,7-8,10-11,17H2;1H. The van der Waals surface area contributed by atoms with Gasteiger partial charge in [0.05, 0.1) is 0 Å². The largest absolute Gasteiger partial charge is 0.334 e. The molecule has 4 heteroatoms. The molecule has 2 N–H and O–H groups in total. The second-order valence-electron chi connectivity index (χ2n) is 5.68. The Labute approximate surface area is 126 Å². The molecule has 1 amide bonds. The fourth-order valence-corrected chi connectivity index (χ4v) is 3.49. The summed E-state index contributed by atoms with van der Waals surface area (Å²) in [5.74, 6) is 0.203. The third-order valence-electron chi connectivity index (χ3n) is 4.54. The lowest BCUT2D eigenvalue weighted by Gasteiger charge is -2.35. The average Bonchev–Trinajstić information content (AvgIpc) is 2.94. The van der Waals surface area contributed by atoms with Gasteiger partial charge in [0.1, 0.15) is 0 Å². The summed E-state index contributed by atoms with van der Waals surface area (Å²) >= 11 is 0. The molecule has 3 rings (SSSR count). The third-order valence-corrected chi connectivity index (χ3v) is 4.54. The molecule has 1 aliphatic heterocycles.